The lowest BCUT2D eigenvalue weighted by Crippen LogP contribution is -2.56. The van der Waals surface area contributed by atoms with Crippen molar-refractivity contribution in [2.75, 3.05) is 40.5 Å². The van der Waals surface area contributed by atoms with Crippen LogP contribution in [0.25, 0.3) is 0 Å². The van der Waals surface area contributed by atoms with Crippen molar-refractivity contribution >= 4 is 23.2 Å². The number of nitrogens with one attached hydrogen (secondary N) is 1. The number of carbonyl (C=O) groups excluding carboxylic acids is 1. The second kappa shape index (κ2) is 5.97. The first-order valence-corrected chi connectivity index (χ1v) is 5.95. The van der Waals surface area contributed by atoms with Gasteiger partial charge in [0.05, 0.1) is 13.3 Å². The Labute approximate surface area is 108 Å². The van der Waals surface area contributed by atoms with Crippen molar-refractivity contribution in [1.29, 1.82) is 0 Å². The molecule has 0 aromatic carbocycles. The number of thiocarbonyl (C=S) groups is 1. The van der Waals surface area contributed by atoms with Gasteiger partial charge in [0.2, 0.25) is 5.91 Å². The Hall–Kier alpha value is -1.14. The summed E-state index contributed by atoms with van der Waals surface area (Å²) in [7, 11) is 3.94. The predicted octanol–water partition coefficient (Wildman–Crippen LogP) is 0.0578. The van der Waals surface area contributed by atoms with Crippen molar-refractivity contribution in [3.63, 3.8) is 0 Å². The Bertz CT molecular complexity index is 317. The lowest BCUT2D eigenvalue weighted by atomic mass is 10.3. The topological polar surface area (TPSA) is 38.8 Å². The van der Waals surface area contributed by atoms with Gasteiger partial charge in [0.15, 0.2) is 5.11 Å². The molecule has 0 spiro atoms. The van der Waals surface area contributed by atoms with Gasteiger partial charge in [-0.25, -0.2) is 0 Å². The second-order valence-electron chi connectivity index (χ2n) is 4.39. The average molecular weight is 256 g/mol. The number of hydrogen-bond donors (Lipinski definition) is 1. The van der Waals surface area contributed by atoms with E-state index in [9.17, 15) is 4.79 Å². The van der Waals surface area contributed by atoms with E-state index in [1.165, 1.54) is 0 Å². The Morgan fingerprint density at radius 2 is 1.94 bits per heavy atom. The molecule has 0 saturated carbocycles. The van der Waals surface area contributed by atoms with Crippen LogP contribution in [0.4, 0.5) is 0 Å². The van der Waals surface area contributed by atoms with Crippen LogP contribution in [0.5, 0.6) is 0 Å². The molecule has 0 unspecified atom stereocenters. The minimum Gasteiger partial charge on any atom is -0.351 e. The Morgan fingerprint density at radius 1 is 1.41 bits per heavy atom. The van der Waals surface area contributed by atoms with E-state index >= 15 is 0 Å². The quantitative estimate of drug-likeness (QED) is 0.569. The highest BCUT2D eigenvalue weighted by atomic mass is 32.1. The second-order valence-corrected chi connectivity index (χ2v) is 4.76. The molecule has 0 aromatic rings. The van der Waals surface area contributed by atoms with Gasteiger partial charge in [-0.15, -0.1) is 0 Å². The molecular formula is C11H20N4OS. The maximum absolute atomic E-state index is 11.3. The molecule has 1 aliphatic rings. The molecular weight excluding hydrogens is 236 g/mol. The molecule has 0 aromatic heterocycles. The van der Waals surface area contributed by atoms with E-state index in [1.54, 1.807) is 6.92 Å². The van der Waals surface area contributed by atoms with Crippen molar-refractivity contribution in [1.82, 2.24) is 20.0 Å². The van der Waals surface area contributed by atoms with Crippen LogP contribution in [0, 0.1) is 0 Å². The monoisotopic (exact) mass is 256 g/mol. The van der Waals surface area contributed by atoms with E-state index in [4.69, 9.17) is 12.2 Å². The van der Waals surface area contributed by atoms with Gasteiger partial charge in [-0.3, -0.25) is 9.69 Å². The largest absolute Gasteiger partial charge is 0.351 e. The third kappa shape index (κ3) is 3.98. The summed E-state index contributed by atoms with van der Waals surface area (Å²) in [6, 6.07) is 0. The predicted molar refractivity (Wildman–Crippen MR) is 72.4 cm³/mol. The molecule has 96 valence electrons. The molecule has 6 heteroatoms. The molecule has 1 aliphatic heterocycles. The Kier molecular flexibility index (Phi) is 4.89. The molecule has 1 fully saturated rings. The lowest BCUT2D eigenvalue weighted by molar-refractivity contribution is -0.117. The lowest BCUT2D eigenvalue weighted by Gasteiger charge is -2.41. The zero-order valence-electron chi connectivity index (χ0n) is 10.7. The van der Waals surface area contributed by atoms with Crippen molar-refractivity contribution < 1.29 is 4.79 Å². The fraction of sp³-hybridized carbons (Fsp3) is 0.636. The van der Waals surface area contributed by atoms with Crippen LogP contribution in [-0.2, 0) is 4.79 Å². The van der Waals surface area contributed by atoms with Gasteiger partial charge in [-0.05, 0) is 19.1 Å². The van der Waals surface area contributed by atoms with E-state index < -0.39 is 0 Å². The van der Waals surface area contributed by atoms with Crippen molar-refractivity contribution in [3.05, 3.63) is 12.2 Å². The smallest absolute Gasteiger partial charge is 0.246 e. The van der Waals surface area contributed by atoms with Crippen LogP contribution in [0.1, 0.15) is 6.92 Å². The van der Waals surface area contributed by atoms with Gasteiger partial charge in [-0.2, -0.15) is 0 Å². The third-order valence-electron chi connectivity index (χ3n) is 2.58. The fourth-order valence-corrected chi connectivity index (χ4v) is 1.79. The number of carbonyl (C=O) groups is 1. The zero-order valence-corrected chi connectivity index (χ0v) is 11.5. The van der Waals surface area contributed by atoms with E-state index in [0.717, 1.165) is 25.0 Å². The van der Waals surface area contributed by atoms with Crippen molar-refractivity contribution in [2.24, 2.45) is 0 Å². The van der Waals surface area contributed by atoms with Crippen LogP contribution in [0.2, 0.25) is 0 Å². The minimum absolute atomic E-state index is 0.0840. The van der Waals surface area contributed by atoms with Crippen LogP contribution < -0.4 is 5.32 Å². The minimum atomic E-state index is -0.0840. The Balaban J connectivity index is 2.31. The average Bonchev–Trinajstić information content (AvgIpc) is 2.25. The normalized spacial score (nSPS) is 17.2. The highest BCUT2D eigenvalue weighted by Crippen LogP contribution is 2.05. The molecule has 0 atom stereocenters. The number of nitrogens with zero attached hydrogens (tertiary/aromatic N) is 3. The maximum Gasteiger partial charge on any atom is 0.246 e. The summed E-state index contributed by atoms with van der Waals surface area (Å²) in [6.45, 7) is 8.32. The zero-order chi connectivity index (χ0) is 13.0. The molecule has 0 aliphatic carbocycles. The molecule has 1 amide bonds. The Morgan fingerprint density at radius 3 is 2.41 bits per heavy atom. The highest BCUT2D eigenvalue weighted by molar-refractivity contribution is 7.80. The summed E-state index contributed by atoms with van der Waals surface area (Å²) in [4.78, 5) is 17.5. The maximum atomic E-state index is 11.3. The van der Waals surface area contributed by atoms with Crippen molar-refractivity contribution in [3.8, 4) is 0 Å². The molecule has 17 heavy (non-hydrogen) atoms. The summed E-state index contributed by atoms with van der Waals surface area (Å²) in [5.41, 5.74) is 0.541. The van der Waals surface area contributed by atoms with Gasteiger partial charge in [-0.1, -0.05) is 6.58 Å². The highest BCUT2D eigenvalue weighted by Gasteiger charge is 2.21. The van der Waals surface area contributed by atoms with Crippen LogP contribution in [0.3, 0.4) is 0 Å². The van der Waals surface area contributed by atoms with Crippen molar-refractivity contribution in [2.45, 2.75) is 6.92 Å². The van der Waals surface area contributed by atoms with Crippen LogP contribution in [-0.4, -0.2) is 66.2 Å². The van der Waals surface area contributed by atoms with Gasteiger partial charge < -0.3 is 15.1 Å². The molecule has 5 nitrogen and oxygen atoms in total. The van der Waals surface area contributed by atoms with Gasteiger partial charge in [0.1, 0.15) is 0 Å². The van der Waals surface area contributed by atoms with Gasteiger partial charge >= 0.3 is 0 Å². The SMILES string of the molecule is C=C(C)C(=O)NCCN1CN(C)C(=S)N(C)C1. The van der Waals surface area contributed by atoms with Gasteiger partial charge in [0.25, 0.3) is 0 Å². The molecule has 1 rings (SSSR count). The molecule has 0 radical (unpaired) electrons. The molecule has 0 bridgehead atoms. The first-order chi connectivity index (χ1) is 7.91. The fourth-order valence-electron chi connectivity index (χ4n) is 1.68. The first-order valence-electron chi connectivity index (χ1n) is 5.54. The summed E-state index contributed by atoms with van der Waals surface area (Å²) >= 11 is 5.24. The van der Waals surface area contributed by atoms with Crippen LogP contribution >= 0.6 is 12.2 Å². The number of rotatable bonds is 4. The number of amides is 1. The molecule has 1 N–H and O–H groups in total. The summed E-state index contributed by atoms with van der Waals surface area (Å²) < 4.78 is 0. The summed E-state index contributed by atoms with van der Waals surface area (Å²) in [6.07, 6.45) is 0. The third-order valence-corrected chi connectivity index (χ3v) is 3.20. The van der Waals surface area contributed by atoms with E-state index in [-0.39, 0.29) is 5.91 Å². The standard InChI is InChI=1S/C11H20N4OS/c1-9(2)10(16)12-5-6-15-7-13(3)11(17)14(4)8-15/h1,5-8H2,2-4H3,(H,12,16). The number of hydrogen-bond acceptors (Lipinski definition) is 3. The van der Waals surface area contributed by atoms with E-state index in [1.807, 2.05) is 23.9 Å². The van der Waals surface area contributed by atoms with E-state index in [2.05, 4.69) is 16.8 Å². The van der Waals surface area contributed by atoms with E-state index in [0.29, 0.717) is 12.1 Å². The van der Waals surface area contributed by atoms with Crippen LogP contribution in [0.15, 0.2) is 12.2 Å². The summed E-state index contributed by atoms with van der Waals surface area (Å²) in [5, 5.41) is 3.67. The first kappa shape index (κ1) is 13.9. The van der Waals surface area contributed by atoms with Gasteiger partial charge in [0, 0.05) is 32.8 Å². The molecule has 1 heterocycles. The molecule has 1 saturated heterocycles. The summed E-state index contributed by atoms with van der Waals surface area (Å²) in [5.74, 6) is -0.0840.